The van der Waals surface area contributed by atoms with Crippen LogP contribution < -0.4 is 10.6 Å². The first-order valence-corrected chi connectivity index (χ1v) is 7.15. The van der Waals surface area contributed by atoms with Crippen molar-refractivity contribution in [2.75, 3.05) is 18.0 Å². The Morgan fingerprint density at radius 2 is 1.84 bits per heavy atom. The van der Waals surface area contributed by atoms with E-state index in [1.165, 1.54) is 5.56 Å². The molecule has 3 heteroatoms. The zero-order valence-corrected chi connectivity index (χ0v) is 12.0. The number of carbonyl (C=O) groups is 1. The van der Waals surface area contributed by atoms with Gasteiger partial charge in [-0.05, 0) is 30.5 Å². The molecule has 19 heavy (non-hydrogen) atoms. The van der Waals surface area contributed by atoms with Gasteiger partial charge in [0.1, 0.15) is 0 Å². The fourth-order valence-electron chi connectivity index (χ4n) is 2.47. The zero-order chi connectivity index (χ0) is 13.9. The molecule has 1 saturated heterocycles. The molecule has 1 fully saturated rings. The monoisotopic (exact) mass is 260 g/mol. The van der Waals surface area contributed by atoms with E-state index in [4.69, 9.17) is 5.73 Å². The van der Waals surface area contributed by atoms with E-state index in [0.29, 0.717) is 13.0 Å². The highest BCUT2D eigenvalue weighted by Gasteiger charge is 2.21. The SMILES string of the molecule is CC(C)(CN)c1ccc(N2CCCCCC2=O)cc1. The molecule has 0 saturated carbocycles. The molecule has 3 nitrogen and oxygen atoms in total. The smallest absolute Gasteiger partial charge is 0.226 e. The van der Waals surface area contributed by atoms with Crippen LogP contribution >= 0.6 is 0 Å². The van der Waals surface area contributed by atoms with Crippen LogP contribution in [0.15, 0.2) is 24.3 Å². The lowest BCUT2D eigenvalue weighted by molar-refractivity contribution is -0.118. The van der Waals surface area contributed by atoms with Gasteiger partial charge in [0.2, 0.25) is 5.91 Å². The second-order valence-electron chi connectivity index (χ2n) is 5.99. The van der Waals surface area contributed by atoms with E-state index in [1.807, 2.05) is 4.90 Å². The third kappa shape index (κ3) is 3.16. The van der Waals surface area contributed by atoms with Crippen LogP contribution in [0.1, 0.15) is 45.1 Å². The first-order chi connectivity index (χ1) is 9.04. The molecule has 1 aromatic carbocycles. The van der Waals surface area contributed by atoms with Crippen molar-refractivity contribution in [1.29, 1.82) is 0 Å². The maximum Gasteiger partial charge on any atom is 0.226 e. The number of carbonyl (C=O) groups excluding carboxylic acids is 1. The van der Waals surface area contributed by atoms with Gasteiger partial charge in [-0.1, -0.05) is 32.4 Å². The number of hydrogen-bond donors (Lipinski definition) is 1. The Balaban J connectivity index is 2.20. The number of nitrogens with zero attached hydrogens (tertiary/aromatic N) is 1. The molecule has 0 radical (unpaired) electrons. The predicted octanol–water partition coefficient (Wildman–Crippen LogP) is 2.83. The summed E-state index contributed by atoms with van der Waals surface area (Å²) in [6.07, 6.45) is 3.95. The molecule has 1 aliphatic rings. The van der Waals surface area contributed by atoms with E-state index >= 15 is 0 Å². The largest absolute Gasteiger partial charge is 0.330 e. The highest BCUT2D eigenvalue weighted by molar-refractivity contribution is 5.93. The molecule has 0 aromatic heterocycles. The number of benzene rings is 1. The van der Waals surface area contributed by atoms with E-state index in [2.05, 4.69) is 38.1 Å². The third-order valence-electron chi connectivity index (χ3n) is 4.04. The van der Waals surface area contributed by atoms with E-state index in [0.717, 1.165) is 31.5 Å². The fourth-order valence-corrected chi connectivity index (χ4v) is 2.47. The summed E-state index contributed by atoms with van der Waals surface area (Å²) in [4.78, 5) is 14.0. The number of anilines is 1. The van der Waals surface area contributed by atoms with Crippen molar-refractivity contribution in [3.8, 4) is 0 Å². The molecular weight excluding hydrogens is 236 g/mol. The normalized spacial score (nSPS) is 17.4. The van der Waals surface area contributed by atoms with Crippen molar-refractivity contribution >= 4 is 11.6 Å². The lowest BCUT2D eigenvalue weighted by atomic mass is 9.85. The molecule has 0 unspecified atom stereocenters. The second-order valence-corrected chi connectivity index (χ2v) is 5.99. The Kier molecular flexibility index (Phi) is 4.25. The van der Waals surface area contributed by atoms with Crippen LogP contribution in [0.4, 0.5) is 5.69 Å². The van der Waals surface area contributed by atoms with E-state index in [-0.39, 0.29) is 11.3 Å². The lowest BCUT2D eigenvalue weighted by Gasteiger charge is -2.25. The van der Waals surface area contributed by atoms with Gasteiger partial charge in [-0.15, -0.1) is 0 Å². The van der Waals surface area contributed by atoms with Gasteiger partial charge in [0.25, 0.3) is 0 Å². The fraction of sp³-hybridized carbons (Fsp3) is 0.562. The molecule has 1 heterocycles. The standard InChI is InChI=1S/C16H24N2O/c1-16(2,12-17)13-7-9-14(10-8-13)18-11-5-3-4-6-15(18)19/h7-10H,3-6,11-12,17H2,1-2H3. The molecule has 1 amide bonds. The summed E-state index contributed by atoms with van der Waals surface area (Å²) in [7, 11) is 0. The minimum absolute atomic E-state index is 0.0126. The zero-order valence-electron chi connectivity index (χ0n) is 12.0. The minimum Gasteiger partial charge on any atom is -0.330 e. The topological polar surface area (TPSA) is 46.3 Å². The van der Waals surface area contributed by atoms with Crippen molar-refractivity contribution in [1.82, 2.24) is 0 Å². The molecule has 1 aliphatic heterocycles. The number of nitrogens with two attached hydrogens (primary N) is 1. The summed E-state index contributed by atoms with van der Waals surface area (Å²) in [5.41, 5.74) is 8.03. The summed E-state index contributed by atoms with van der Waals surface area (Å²) in [5, 5.41) is 0. The van der Waals surface area contributed by atoms with Crippen molar-refractivity contribution < 1.29 is 4.79 Å². The molecule has 0 spiro atoms. The summed E-state index contributed by atoms with van der Waals surface area (Å²) in [6, 6.07) is 8.30. The number of amides is 1. The van der Waals surface area contributed by atoms with Gasteiger partial charge in [0.15, 0.2) is 0 Å². The second kappa shape index (κ2) is 5.74. The summed E-state index contributed by atoms with van der Waals surface area (Å²) >= 11 is 0. The van der Waals surface area contributed by atoms with Crippen LogP contribution in [-0.4, -0.2) is 19.0 Å². The van der Waals surface area contributed by atoms with Crippen molar-refractivity contribution in [3.05, 3.63) is 29.8 Å². The Morgan fingerprint density at radius 3 is 2.47 bits per heavy atom. The van der Waals surface area contributed by atoms with Crippen LogP contribution in [0.3, 0.4) is 0 Å². The maximum absolute atomic E-state index is 12.1. The Labute approximate surface area is 115 Å². The van der Waals surface area contributed by atoms with E-state index in [9.17, 15) is 4.79 Å². The van der Waals surface area contributed by atoms with Gasteiger partial charge < -0.3 is 10.6 Å². The van der Waals surface area contributed by atoms with Crippen LogP contribution in [0, 0.1) is 0 Å². The van der Waals surface area contributed by atoms with E-state index < -0.39 is 0 Å². The number of hydrogen-bond acceptors (Lipinski definition) is 2. The highest BCUT2D eigenvalue weighted by Crippen LogP contribution is 2.26. The maximum atomic E-state index is 12.1. The quantitative estimate of drug-likeness (QED) is 0.908. The molecule has 0 aliphatic carbocycles. The van der Waals surface area contributed by atoms with Crippen LogP contribution in [-0.2, 0) is 10.2 Å². The average molecular weight is 260 g/mol. The van der Waals surface area contributed by atoms with Crippen molar-refractivity contribution in [2.45, 2.75) is 44.9 Å². The van der Waals surface area contributed by atoms with Crippen molar-refractivity contribution in [2.24, 2.45) is 5.73 Å². The van der Waals surface area contributed by atoms with Crippen LogP contribution in [0.2, 0.25) is 0 Å². The molecule has 0 atom stereocenters. The molecular formula is C16H24N2O. The molecule has 2 N–H and O–H groups in total. The Hall–Kier alpha value is -1.35. The summed E-state index contributed by atoms with van der Waals surface area (Å²) in [6.45, 7) is 5.74. The van der Waals surface area contributed by atoms with Gasteiger partial charge in [-0.25, -0.2) is 0 Å². The van der Waals surface area contributed by atoms with E-state index in [1.54, 1.807) is 0 Å². The van der Waals surface area contributed by atoms with Gasteiger partial charge in [0.05, 0.1) is 0 Å². The lowest BCUT2D eigenvalue weighted by Crippen LogP contribution is -2.30. The molecule has 0 bridgehead atoms. The van der Waals surface area contributed by atoms with Gasteiger partial charge in [0, 0.05) is 30.6 Å². The van der Waals surface area contributed by atoms with Crippen LogP contribution in [0.5, 0.6) is 0 Å². The molecule has 104 valence electrons. The molecule has 2 rings (SSSR count). The average Bonchev–Trinajstić information content (AvgIpc) is 2.63. The van der Waals surface area contributed by atoms with Gasteiger partial charge in [-0.2, -0.15) is 0 Å². The first kappa shape index (κ1) is 14.1. The van der Waals surface area contributed by atoms with Gasteiger partial charge in [-0.3, -0.25) is 4.79 Å². The summed E-state index contributed by atoms with van der Waals surface area (Å²) in [5.74, 6) is 0.253. The third-order valence-corrected chi connectivity index (χ3v) is 4.04. The molecule has 1 aromatic rings. The summed E-state index contributed by atoms with van der Waals surface area (Å²) < 4.78 is 0. The Morgan fingerprint density at radius 1 is 1.16 bits per heavy atom. The first-order valence-electron chi connectivity index (χ1n) is 7.15. The predicted molar refractivity (Wildman–Crippen MR) is 79.3 cm³/mol. The van der Waals surface area contributed by atoms with Crippen molar-refractivity contribution in [3.63, 3.8) is 0 Å². The van der Waals surface area contributed by atoms with Crippen LogP contribution in [0.25, 0.3) is 0 Å². The van der Waals surface area contributed by atoms with Gasteiger partial charge >= 0.3 is 0 Å². The minimum atomic E-state index is -0.0126. The Bertz CT molecular complexity index is 437. The highest BCUT2D eigenvalue weighted by atomic mass is 16.2. The number of rotatable bonds is 3.